The minimum absolute atomic E-state index is 0.261. The minimum atomic E-state index is -0.283. The van der Waals surface area contributed by atoms with Gasteiger partial charge in [0.2, 0.25) is 5.16 Å². The topological polar surface area (TPSA) is 83.8 Å². The molecule has 2 aromatic heterocycles. The van der Waals surface area contributed by atoms with Gasteiger partial charge < -0.3 is 9.73 Å². The highest BCUT2D eigenvalue weighted by molar-refractivity contribution is 9.10. The van der Waals surface area contributed by atoms with Crippen molar-refractivity contribution in [1.29, 1.82) is 0 Å². The van der Waals surface area contributed by atoms with E-state index in [0.717, 1.165) is 22.3 Å². The second kappa shape index (κ2) is 7.01. The number of amides is 1. The van der Waals surface area contributed by atoms with Crippen LogP contribution in [0.4, 0.5) is 5.69 Å². The van der Waals surface area contributed by atoms with Gasteiger partial charge in [-0.2, -0.15) is 0 Å². The molecule has 2 heterocycles. The third kappa shape index (κ3) is 4.23. The highest BCUT2D eigenvalue weighted by Crippen LogP contribution is 2.21. The second-order valence-corrected chi connectivity index (χ2v) is 6.47. The molecule has 6 nitrogen and oxygen atoms in total. The molecule has 0 fully saturated rings. The Morgan fingerprint density at radius 1 is 1.30 bits per heavy atom. The van der Waals surface area contributed by atoms with Crippen LogP contribution in [0.2, 0.25) is 0 Å². The molecule has 23 heavy (non-hydrogen) atoms. The van der Waals surface area contributed by atoms with Crippen LogP contribution in [0, 0.1) is 6.92 Å². The van der Waals surface area contributed by atoms with E-state index in [-0.39, 0.29) is 11.7 Å². The minimum Gasteiger partial charge on any atom is -0.444 e. The Bertz CT molecular complexity index is 813. The number of carbonyl (C=O) groups is 1. The van der Waals surface area contributed by atoms with Crippen molar-refractivity contribution in [3.63, 3.8) is 0 Å². The Balaban J connectivity index is 1.57. The quantitative estimate of drug-likeness (QED) is 0.640. The van der Waals surface area contributed by atoms with E-state index < -0.39 is 0 Å². The Morgan fingerprint density at radius 3 is 2.70 bits per heavy atom. The first-order valence-corrected chi connectivity index (χ1v) is 8.55. The molecule has 118 valence electrons. The lowest BCUT2D eigenvalue weighted by atomic mass is 10.2. The molecule has 0 aliphatic heterocycles. The average Bonchev–Trinajstić information content (AvgIpc) is 3.15. The predicted molar refractivity (Wildman–Crippen MR) is 91.5 cm³/mol. The largest absolute Gasteiger partial charge is 0.444 e. The van der Waals surface area contributed by atoms with Crippen LogP contribution in [0.15, 0.2) is 50.6 Å². The van der Waals surface area contributed by atoms with Crippen molar-refractivity contribution in [2.24, 2.45) is 0 Å². The van der Waals surface area contributed by atoms with E-state index in [0.29, 0.717) is 10.4 Å². The zero-order chi connectivity index (χ0) is 16.2. The van der Waals surface area contributed by atoms with Gasteiger partial charge in [0.25, 0.3) is 5.91 Å². The third-order valence-corrected chi connectivity index (χ3v) is 4.30. The zero-order valence-electron chi connectivity index (χ0n) is 12.2. The van der Waals surface area contributed by atoms with E-state index >= 15 is 0 Å². The molecule has 0 aliphatic carbocycles. The lowest BCUT2D eigenvalue weighted by Crippen LogP contribution is -2.10. The Morgan fingerprint density at radius 2 is 2.09 bits per heavy atom. The number of thioether (sulfide) groups is 1. The molecule has 1 amide bonds. The summed E-state index contributed by atoms with van der Waals surface area (Å²) in [7, 11) is 0. The summed E-state index contributed by atoms with van der Waals surface area (Å²) < 4.78 is 5.74. The molecule has 0 saturated carbocycles. The molecular formula is C15H13BrN4O2S. The van der Waals surface area contributed by atoms with Gasteiger partial charge in [-0.15, -0.1) is 5.10 Å². The summed E-state index contributed by atoms with van der Waals surface area (Å²) in [6.07, 6.45) is 0. The van der Waals surface area contributed by atoms with Crippen molar-refractivity contribution in [1.82, 2.24) is 15.2 Å². The maximum atomic E-state index is 12.0. The van der Waals surface area contributed by atoms with E-state index in [2.05, 4.69) is 36.4 Å². The number of benzene rings is 1. The molecule has 0 saturated heterocycles. The van der Waals surface area contributed by atoms with Gasteiger partial charge in [-0.1, -0.05) is 23.9 Å². The Kier molecular flexibility index (Phi) is 4.82. The van der Waals surface area contributed by atoms with Crippen LogP contribution in [0.3, 0.4) is 0 Å². The molecule has 0 radical (unpaired) electrons. The number of aromatic amines is 1. The first-order valence-electron chi connectivity index (χ1n) is 6.77. The van der Waals surface area contributed by atoms with Gasteiger partial charge in [-0.3, -0.25) is 9.89 Å². The van der Waals surface area contributed by atoms with Crippen molar-refractivity contribution in [3.05, 3.63) is 58.2 Å². The van der Waals surface area contributed by atoms with Crippen LogP contribution in [-0.2, 0) is 5.75 Å². The number of carbonyl (C=O) groups excluding carboxylic acids is 1. The fourth-order valence-corrected chi connectivity index (χ4v) is 2.95. The Hall–Kier alpha value is -2.06. The van der Waals surface area contributed by atoms with Crippen molar-refractivity contribution < 1.29 is 9.21 Å². The summed E-state index contributed by atoms with van der Waals surface area (Å²) in [5.41, 5.74) is 1.83. The van der Waals surface area contributed by atoms with E-state index in [1.165, 1.54) is 0 Å². The smallest absolute Gasteiger partial charge is 0.291 e. The van der Waals surface area contributed by atoms with E-state index in [1.54, 1.807) is 23.9 Å². The number of aryl methyl sites for hydroxylation is 1. The number of aromatic nitrogens is 3. The summed E-state index contributed by atoms with van der Waals surface area (Å²) >= 11 is 4.72. The van der Waals surface area contributed by atoms with Gasteiger partial charge in [0, 0.05) is 11.4 Å². The van der Waals surface area contributed by atoms with Crippen LogP contribution >= 0.6 is 27.7 Å². The molecular weight excluding hydrogens is 380 g/mol. The number of furan rings is 1. The van der Waals surface area contributed by atoms with Gasteiger partial charge in [0.15, 0.2) is 10.4 Å². The van der Waals surface area contributed by atoms with E-state index in [1.807, 2.05) is 31.2 Å². The van der Waals surface area contributed by atoms with Crippen molar-refractivity contribution in [3.8, 4) is 0 Å². The van der Waals surface area contributed by atoms with Gasteiger partial charge >= 0.3 is 0 Å². The van der Waals surface area contributed by atoms with E-state index in [4.69, 9.17) is 4.42 Å². The standard InChI is InChI=1S/C15H13BrN4O2S/c1-9-17-15(20-19-9)23-8-10-2-4-11(5-3-10)18-14(21)12-6-7-13(16)22-12/h2-7H,8H2,1H3,(H,18,21)(H,17,19,20). The monoisotopic (exact) mass is 392 g/mol. The molecule has 0 aliphatic rings. The zero-order valence-corrected chi connectivity index (χ0v) is 14.6. The van der Waals surface area contributed by atoms with Gasteiger partial charge in [-0.25, -0.2) is 4.98 Å². The van der Waals surface area contributed by atoms with Gasteiger partial charge in [-0.05, 0) is 52.7 Å². The lowest BCUT2D eigenvalue weighted by molar-refractivity contribution is 0.0995. The average molecular weight is 393 g/mol. The SMILES string of the molecule is Cc1nc(SCc2ccc(NC(=O)c3ccc(Br)o3)cc2)n[nH]1. The fraction of sp³-hybridized carbons (Fsp3) is 0.133. The van der Waals surface area contributed by atoms with Crippen molar-refractivity contribution >= 4 is 39.3 Å². The molecule has 2 N–H and O–H groups in total. The number of anilines is 1. The highest BCUT2D eigenvalue weighted by atomic mass is 79.9. The van der Waals surface area contributed by atoms with Crippen molar-refractivity contribution in [2.75, 3.05) is 5.32 Å². The fourth-order valence-electron chi connectivity index (χ4n) is 1.85. The predicted octanol–water partition coefficient (Wildman–Crippen LogP) is 4.01. The molecule has 3 aromatic rings. The Labute approximate surface area is 145 Å². The second-order valence-electron chi connectivity index (χ2n) is 4.75. The molecule has 0 unspecified atom stereocenters. The number of rotatable bonds is 5. The van der Waals surface area contributed by atoms with Gasteiger partial charge in [0.1, 0.15) is 5.82 Å². The van der Waals surface area contributed by atoms with Crippen LogP contribution in [0.5, 0.6) is 0 Å². The maximum absolute atomic E-state index is 12.0. The third-order valence-electron chi connectivity index (χ3n) is 2.95. The molecule has 0 spiro atoms. The molecule has 0 atom stereocenters. The number of hydrogen-bond donors (Lipinski definition) is 2. The number of H-pyrrole nitrogens is 1. The number of nitrogens with one attached hydrogen (secondary N) is 2. The van der Waals surface area contributed by atoms with E-state index in [9.17, 15) is 4.79 Å². The number of halogens is 1. The molecule has 8 heteroatoms. The molecule has 3 rings (SSSR count). The van der Waals surface area contributed by atoms with Crippen LogP contribution in [0.25, 0.3) is 0 Å². The summed E-state index contributed by atoms with van der Waals surface area (Å²) in [5.74, 6) is 1.54. The maximum Gasteiger partial charge on any atom is 0.291 e. The van der Waals surface area contributed by atoms with Crippen molar-refractivity contribution in [2.45, 2.75) is 17.8 Å². The summed E-state index contributed by atoms with van der Waals surface area (Å²) in [6.45, 7) is 1.87. The van der Waals surface area contributed by atoms with Gasteiger partial charge in [0.05, 0.1) is 0 Å². The number of hydrogen-bond acceptors (Lipinski definition) is 5. The van der Waals surface area contributed by atoms with Crippen LogP contribution in [-0.4, -0.2) is 21.1 Å². The summed E-state index contributed by atoms with van der Waals surface area (Å²) in [5, 5.41) is 10.4. The number of nitrogens with zero attached hydrogens (tertiary/aromatic N) is 2. The lowest BCUT2D eigenvalue weighted by Gasteiger charge is -2.04. The summed E-state index contributed by atoms with van der Waals surface area (Å²) in [6, 6.07) is 10.9. The van der Waals surface area contributed by atoms with Crippen LogP contribution in [0.1, 0.15) is 21.9 Å². The first kappa shape index (κ1) is 15.8. The molecule has 1 aromatic carbocycles. The summed E-state index contributed by atoms with van der Waals surface area (Å²) in [4.78, 5) is 16.2. The highest BCUT2D eigenvalue weighted by Gasteiger charge is 2.10. The normalized spacial score (nSPS) is 10.7. The molecule has 0 bridgehead atoms. The first-order chi connectivity index (χ1) is 11.1. The van der Waals surface area contributed by atoms with Crippen LogP contribution < -0.4 is 5.32 Å².